The molecule has 0 aromatic heterocycles. The van der Waals surface area contributed by atoms with E-state index in [1.165, 1.54) is 6.21 Å². The summed E-state index contributed by atoms with van der Waals surface area (Å²) in [6.07, 6.45) is 2.23. The molecular formula is C19H24N2O3. The normalized spacial score (nSPS) is 17.6. The molecule has 0 saturated heterocycles. The predicted molar refractivity (Wildman–Crippen MR) is 94.9 cm³/mol. The molecule has 0 saturated carbocycles. The number of carbonyl (C=O) groups is 2. The summed E-state index contributed by atoms with van der Waals surface area (Å²) in [6, 6.07) is 6.90. The topological polar surface area (TPSA) is 78.8 Å². The van der Waals surface area contributed by atoms with Gasteiger partial charge in [0.1, 0.15) is 5.76 Å². The highest BCUT2D eigenvalue weighted by Gasteiger charge is 2.32. The third kappa shape index (κ3) is 4.54. The largest absolute Gasteiger partial charge is 0.511 e. The van der Waals surface area contributed by atoms with E-state index in [0.29, 0.717) is 24.1 Å². The van der Waals surface area contributed by atoms with Gasteiger partial charge in [0.25, 0.3) is 5.91 Å². The Morgan fingerprint density at radius 2 is 2.04 bits per heavy atom. The van der Waals surface area contributed by atoms with Crippen molar-refractivity contribution in [3.05, 3.63) is 41.2 Å². The van der Waals surface area contributed by atoms with Gasteiger partial charge < -0.3 is 10.4 Å². The van der Waals surface area contributed by atoms with E-state index in [-0.39, 0.29) is 34.5 Å². The zero-order valence-corrected chi connectivity index (χ0v) is 14.6. The monoisotopic (exact) mass is 328 g/mol. The lowest BCUT2D eigenvalue weighted by molar-refractivity contribution is -0.117. The van der Waals surface area contributed by atoms with Crippen molar-refractivity contribution in [3.8, 4) is 0 Å². The van der Waals surface area contributed by atoms with Crippen molar-refractivity contribution in [3.63, 3.8) is 0 Å². The molecule has 0 radical (unpaired) electrons. The third-order valence-electron chi connectivity index (χ3n) is 3.77. The number of hydrogen-bond acceptors (Lipinski definition) is 4. The van der Waals surface area contributed by atoms with Gasteiger partial charge in [-0.2, -0.15) is 0 Å². The van der Waals surface area contributed by atoms with Crippen molar-refractivity contribution in [1.29, 1.82) is 0 Å². The molecule has 0 atom stereocenters. The number of aliphatic hydroxyl groups excluding tert-OH is 1. The lowest BCUT2D eigenvalue weighted by atomic mass is 9.77. The second-order valence-corrected chi connectivity index (χ2v) is 7.24. The van der Waals surface area contributed by atoms with E-state index in [0.717, 1.165) is 0 Å². The van der Waals surface area contributed by atoms with Crippen molar-refractivity contribution in [2.24, 2.45) is 10.4 Å². The van der Waals surface area contributed by atoms with Crippen molar-refractivity contribution >= 4 is 23.6 Å². The van der Waals surface area contributed by atoms with Crippen LogP contribution >= 0.6 is 0 Å². The van der Waals surface area contributed by atoms with E-state index in [4.69, 9.17) is 0 Å². The summed E-state index contributed by atoms with van der Waals surface area (Å²) < 4.78 is 0. The van der Waals surface area contributed by atoms with Crippen LogP contribution in [0, 0.1) is 5.41 Å². The van der Waals surface area contributed by atoms with Crippen molar-refractivity contribution in [2.75, 3.05) is 0 Å². The fourth-order valence-corrected chi connectivity index (χ4v) is 2.66. The Hall–Kier alpha value is -2.43. The summed E-state index contributed by atoms with van der Waals surface area (Å²) in [4.78, 5) is 28.4. The van der Waals surface area contributed by atoms with Gasteiger partial charge in [0, 0.05) is 30.7 Å². The van der Waals surface area contributed by atoms with Crippen LogP contribution in [-0.4, -0.2) is 29.1 Å². The van der Waals surface area contributed by atoms with Gasteiger partial charge in [-0.25, -0.2) is 0 Å². The standard InChI is InChI=1S/C19H24N2O3/c1-12(2)21-18(24)13-6-5-7-14(8-13)20-11-15-16(22)9-19(3,4)10-17(15)23/h5-8,11-12,22H,9-10H2,1-4H3,(H,21,24). The minimum Gasteiger partial charge on any atom is -0.511 e. The average molecular weight is 328 g/mol. The Morgan fingerprint density at radius 1 is 1.33 bits per heavy atom. The van der Waals surface area contributed by atoms with E-state index in [1.54, 1.807) is 24.3 Å². The smallest absolute Gasteiger partial charge is 0.251 e. The number of Topliss-reactive ketones (excluding diaryl/α,β-unsaturated/α-hetero) is 1. The first kappa shape index (κ1) is 17.9. The summed E-state index contributed by atoms with van der Waals surface area (Å²) in [5.41, 5.74) is 1.09. The summed E-state index contributed by atoms with van der Waals surface area (Å²) in [6.45, 7) is 7.69. The second kappa shape index (κ2) is 6.99. The summed E-state index contributed by atoms with van der Waals surface area (Å²) in [7, 11) is 0. The van der Waals surface area contributed by atoms with Crippen LogP contribution in [0.25, 0.3) is 0 Å². The first-order chi connectivity index (χ1) is 11.2. The molecule has 5 heteroatoms. The molecule has 0 aliphatic heterocycles. The molecule has 0 unspecified atom stereocenters. The number of ketones is 1. The van der Waals surface area contributed by atoms with E-state index in [2.05, 4.69) is 10.3 Å². The summed E-state index contributed by atoms with van der Waals surface area (Å²) >= 11 is 0. The van der Waals surface area contributed by atoms with Crippen molar-refractivity contribution < 1.29 is 14.7 Å². The third-order valence-corrected chi connectivity index (χ3v) is 3.77. The van der Waals surface area contributed by atoms with Gasteiger partial charge in [-0.1, -0.05) is 19.9 Å². The van der Waals surface area contributed by atoms with Crippen LogP contribution in [0.4, 0.5) is 5.69 Å². The molecule has 24 heavy (non-hydrogen) atoms. The van der Waals surface area contributed by atoms with E-state index >= 15 is 0 Å². The minimum absolute atomic E-state index is 0.0509. The maximum absolute atomic E-state index is 12.2. The number of allylic oxidation sites excluding steroid dienone is 2. The molecule has 2 rings (SSSR count). The van der Waals surface area contributed by atoms with Gasteiger partial charge in [0.2, 0.25) is 0 Å². The quantitative estimate of drug-likeness (QED) is 0.827. The first-order valence-electron chi connectivity index (χ1n) is 8.08. The number of amides is 1. The van der Waals surface area contributed by atoms with Gasteiger partial charge >= 0.3 is 0 Å². The molecule has 1 amide bonds. The molecule has 0 spiro atoms. The van der Waals surface area contributed by atoms with Crippen molar-refractivity contribution in [2.45, 2.75) is 46.6 Å². The molecule has 0 fully saturated rings. The molecular weight excluding hydrogens is 304 g/mol. The number of carbonyl (C=O) groups excluding carboxylic acids is 2. The first-order valence-corrected chi connectivity index (χ1v) is 8.08. The molecule has 2 N–H and O–H groups in total. The highest BCUT2D eigenvalue weighted by Crippen LogP contribution is 2.35. The highest BCUT2D eigenvalue weighted by molar-refractivity contribution is 6.15. The lowest BCUT2D eigenvalue weighted by Gasteiger charge is -2.28. The Morgan fingerprint density at radius 3 is 2.67 bits per heavy atom. The van der Waals surface area contributed by atoms with Crippen LogP contribution in [0.1, 0.15) is 50.9 Å². The Balaban J connectivity index is 2.21. The van der Waals surface area contributed by atoms with Crippen LogP contribution in [0.2, 0.25) is 0 Å². The fraction of sp³-hybridized carbons (Fsp3) is 0.421. The minimum atomic E-state index is -0.229. The lowest BCUT2D eigenvalue weighted by Crippen LogP contribution is -2.29. The van der Waals surface area contributed by atoms with Crippen molar-refractivity contribution in [1.82, 2.24) is 5.32 Å². The number of benzene rings is 1. The molecule has 0 heterocycles. The van der Waals surface area contributed by atoms with Crippen LogP contribution in [0.15, 0.2) is 40.6 Å². The van der Waals surface area contributed by atoms with Gasteiger partial charge in [-0.15, -0.1) is 0 Å². The zero-order valence-electron chi connectivity index (χ0n) is 14.6. The Bertz CT molecular complexity index is 715. The summed E-state index contributed by atoms with van der Waals surface area (Å²) in [5, 5.41) is 12.9. The van der Waals surface area contributed by atoms with Gasteiger partial charge in [-0.3, -0.25) is 14.6 Å². The Labute approximate surface area is 142 Å². The van der Waals surface area contributed by atoms with E-state index < -0.39 is 0 Å². The highest BCUT2D eigenvalue weighted by atomic mass is 16.3. The molecule has 5 nitrogen and oxygen atoms in total. The van der Waals surface area contributed by atoms with Gasteiger partial charge in [-0.05, 0) is 37.5 Å². The maximum atomic E-state index is 12.2. The fourth-order valence-electron chi connectivity index (χ4n) is 2.66. The number of nitrogens with zero attached hydrogens (tertiary/aromatic N) is 1. The van der Waals surface area contributed by atoms with Gasteiger partial charge in [0.15, 0.2) is 5.78 Å². The molecule has 0 bridgehead atoms. The molecule has 1 aromatic carbocycles. The SMILES string of the molecule is CC(C)NC(=O)c1cccc(N=CC2=C(O)CC(C)(C)CC2=O)c1. The molecule has 1 aromatic rings. The van der Waals surface area contributed by atoms with Crippen LogP contribution in [0.3, 0.4) is 0 Å². The van der Waals surface area contributed by atoms with Crippen LogP contribution < -0.4 is 5.32 Å². The van der Waals surface area contributed by atoms with E-state index in [9.17, 15) is 14.7 Å². The predicted octanol–water partition coefficient (Wildman–Crippen LogP) is 3.73. The van der Waals surface area contributed by atoms with E-state index in [1.807, 2.05) is 27.7 Å². The Kier molecular flexibility index (Phi) is 5.22. The number of nitrogens with one attached hydrogen (secondary N) is 1. The summed E-state index contributed by atoms with van der Waals surface area (Å²) in [5.74, 6) is -0.200. The van der Waals surface area contributed by atoms with Crippen LogP contribution in [0.5, 0.6) is 0 Å². The zero-order chi connectivity index (χ0) is 17.9. The number of rotatable bonds is 4. The average Bonchev–Trinajstić information content (AvgIpc) is 2.44. The molecule has 1 aliphatic carbocycles. The molecule has 128 valence electrons. The maximum Gasteiger partial charge on any atom is 0.251 e. The number of aliphatic imine (C=N–C) groups is 1. The second-order valence-electron chi connectivity index (χ2n) is 7.24. The van der Waals surface area contributed by atoms with Crippen LogP contribution in [-0.2, 0) is 4.79 Å². The number of aliphatic hydroxyl groups is 1. The molecule has 1 aliphatic rings. The van der Waals surface area contributed by atoms with Gasteiger partial charge in [0.05, 0.1) is 11.3 Å². The number of hydrogen-bond donors (Lipinski definition) is 2.